The van der Waals surface area contributed by atoms with Crippen molar-refractivity contribution in [2.75, 3.05) is 13.1 Å². The minimum atomic E-state index is -0.369. The fraction of sp³-hybridized carbons (Fsp3) is 0.278. The summed E-state index contributed by atoms with van der Waals surface area (Å²) in [5.74, 6) is -0.311. The molecule has 0 bridgehead atoms. The Balaban J connectivity index is 1.68. The maximum atomic E-state index is 13.4. The molecule has 23 heavy (non-hydrogen) atoms. The summed E-state index contributed by atoms with van der Waals surface area (Å²) in [4.78, 5) is 7.00. The summed E-state index contributed by atoms with van der Waals surface area (Å²) in [6.07, 6.45) is 2.57. The lowest BCUT2D eigenvalue weighted by atomic mass is 10.2. The zero-order valence-corrected chi connectivity index (χ0v) is 13.4. The Morgan fingerprint density at radius 2 is 1.96 bits per heavy atom. The van der Waals surface area contributed by atoms with Gasteiger partial charge in [0.15, 0.2) is 0 Å². The van der Waals surface area contributed by atoms with E-state index in [4.69, 9.17) is 0 Å². The number of phenolic OH excluding ortho intramolecular Hbond substituents is 1. The molecule has 0 radical (unpaired) electrons. The zero-order valence-electron chi connectivity index (χ0n) is 12.6. The van der Waals surface area contributed by atoms with E-state index in [-0.39, 0.29) is 11.6 Å². The van der Waals surface area contributed by atoms with Gasteiger partial charge in [0.2, 0.25) is 0 Å². The highest BCUT2D eigenvalue weighted by Crippen LogP contribution is 2.36. The molecular weight excluding hydrogens is 311 g/mol. The van der Waals surface area contributed by atoms with Gasteiger partial charge in [-0.15, -0.1) is 11.3 Å². The third kappa shape index (κ3) is 2.94. The molecule has 0 atom stereocenters. The van der Waals surface area contributed by atoms with Gasteiger partial charge in [0.05, 0.1) is 15.8 Å². The molecule has 1 aromatic heterocycles. The number of aromatic nitrogens is 1. The molecule has 0 unspecified atom stereocenters. The molecular formula is C18H17FN2OS. The highest BCUT2D eigenvalue weighted by Gasteiger charge is 2.14. The molecule has 1 fully saturated rings. The molecule has 0 aliphatic carbocycles. The van der Waals surface area contributed by atoms with E-state index in [9.17, 15) is 9.50 Å². The van der Waals surface area contributed by atoms with Gasteiger partial charge in [0, 0.05) is 6.54 Å². The Labute approximate surface area is 138 Å². The van der Waals surface area contributed by atoms with Crippen LogP contribution in [0.3, 0.4) is 0 Å². The maximum absolute atomic E-state index is 13.4. The van der Waals surface area contributed by atoms with Crippen molar-refractivity contribution in [2.45, 2.75) is 19.4 Å². The highest BCUT2D eigenvalue weighted by molar-refractivity contribution is 7.21. The van der Waals surface area contributed by atoms with Crippen LogP contribution < -0.4 is 0 Å². The van der Waals surface area contributed by atoms with Crippen molar-refractivity contribution in [3.63, 3.8) is 0 Å². The van der Waals surface area contributed by atoms with Crippen LogP contribution in [0.1, 0.15) is 18.4 Å². The van der Waals surface area contributed by atoms with E-state index in [0.717, 1.165) is 16.8 Å². The summed E-state index contributed by atoms with van der Waals surface area (Å²) in [5, 5.41) is 10.6. The van der Waals surface area contributed by atoms with Gasteiger partial charge in [-0.25, -0.2) is 9.37 Å². The first-order chi connectivity index (χ1) is 11.2. The van der Waals surface area contributed by atoms with E-state index in [1.54, 1.807) is 0 Å². The minimum Gasteiger partial charge on any atom is -0.507 e. The second-order valence-corrected chi connectivity index (χ2v) is 7.00. The third-order valence-corrected chi connectivity index (χ3v) is 5.30. The van der Waals surface area contributed by atoms with Crippen LogP contribution in [-0.4, -0.2) is 28.1 Å². The molecule has 2 aromatic carbocycles. The van der Waals surface area contributed by atoms with Gasteiger partial charge >= 0.3 is 0 Å². The van der Waals surface area contributed by atoms with E-state index in [1.165, 1.54) is 61.0 Å². The van der Waals surface area contributed by atoms with E-state index in [1.807, 2.05) is 6.07 Å². The Bertz CT molecular complexity index is 855. The van der Waals surface area contributed by atoms with Gasteiger partial charge in [-0.1, -0.05) is 6.07 Å². The van der Waals surface area contributed by atoms with Crippen molar-refractivity contribution in [3.8, 4) is 16.3 Å². The van der Waals surface area contributed by atoms with Crippen LogP contribution in [0.4, 0.5) is 4.39 Å². The predicted octanol–water partition coefficient (Wildman–Crippen LogP) is 4.40. The fourth-order valence-corrected chi connectivity index (χ4v) is 4.12. The summed E-state index contributed by atoms with van der Waals surface area (Å²) >= 11 is 1.49. The number of hydrogen-bond acceptors (Lipinski definition) is 4. The fourth-order valence-electron chi connectivity index (χ4n) is 3.06. The highest BCUT2D eigenvalue weighted by atomic mass is 32.1. The van der Waals surface area contributed by atoms with Gasteiger partial charge in [-0.2, -0.15) is 0 Å². The number of halogens is 1. The number of benzene rings is 2. The van der Waals surface area contributed by atoms with E-state index >= 15 is 0 Å². The van der Waals surface area contributed by atoms with Crippen LogP contribution in [-0.2, 0) is 6.54 Å². The quantitative estimate of drug-likeness (QED) is 0.774. The standard InChI is InChI=1S/C18H17FN2OS/c19-13-4-6-16(22)14(10-13)18-20-15-5-3-12(9-17(15)23-18)11-21-7-1-2-8-21/h3-6,9-10,22H,1-2,7-8,11H2. The number of thiazole rings is 1. The lowest BCUT2D eigenvalue weighted by Crippen LogP contribution is -2.18. The van der Waals surface area contributed by atoms with E-state index in [2.05, 4.69) is 22.0 Å². The normalized spacial score (nSPS) is 15.5. The molecule has 118 valence electrons. The summed E-state index contributed by atoms with van der Waals surface area (Å²) in [7, 11) is 0. The SMILES string of the molecule is Oc1ccc(F)cc1-c1nc2ccc(CN3CCCC3)cc2s1. The second-order valence-electron chi connectivity index (χ2n) is 5.97. The molecule has 1 aliphatic heterocycles. The largest absolute Gasteiger partial charge is 0.507 e. The molecule has 2 heterocycles. The minimum absolute atomic E-state index is 0.0581. The van der Waals surface area contributed by atoms with Crippen molar-refractivity contribution in [3.05, 3.63) is 47.8 Å². The summed E-state index contributed by atoms with van der Waals surface area (Å²) in [6.45, 7) is 3.31. The molecule has 1 saturated heterocycles. The van der Waals surface area contributed by atoms with E-state index < -0.39 is 0 Å². The number of rotatable bonds is 3. The van der Waals surface area contributed by atoms with Gasteiger partial charge in [-0.3, -0.25) is 4.90 Å². The van der Waals surface area contributed by atoms with Gasteiger partial charge < -0.3 is 5.11 Å². The topological polar surface area (TPSA) is 36.4 Å². The first kappa shape index (κ1) is 14.6. The smallest absolute Gasteiger partial charge is 0.128 e. The molecule has 3 nitrogen and oxygen atoms in total. The van der Waals surface area contributed by atoms with Crippen LogP contribution in [0.5, 0.6) is 5.75 Å². The molecule has 4 rings (SSSR count). The van der Waals surface area contributed by atoms with E-state index in [0.29, 0.717) is 10.6 Å². The third-order valence-electron chi connectivity index (χ3n) is 4.25. The Morgan fingerprint density at radius 1 is 1.13 bits per heavy atom. The second kappa shape index (κ2) is 5.91. The van der Waals surface area contributed by atoms with Gasteiger partial charge in [0.25, 0.3) is 0 Å². The molecule has 3 aromatic rings. The number of hydrogen-bond donors (Lipinski definition) is 1. The Kier molecular flexibility index (Phi) is 3.75. The lowest BCUT2D eigenvalue weighted by molar-refractivity contribution is 0.331. The molecule has 0 saturated carbocycles. The number of fused-ring (bicyclic) bond motifs is 1. The van der Waals surface area contributed by atoms with Crippen LogP contribution in [0.25, 0.3) is 20.8 Å². The Hall–Kier alpha value is -1.98. The summed E-state index contributed by atoms with van der Waals surface area (Å²) < 4.78 is 14.5. The zero-order chi connectivity index (χ0) is 15.8. The average Bonchev–Trinajstić information content (AvgIpc) is 3.18. The number of phenols is 1. The molecule has 1 N–H and O–H groups in total. The van der Waals surface area contributed by atoms with Crippen LogP contribution in [0, 0.1) is 5.82 Å². The average molecular weight is 328 g/mol. The Morgan fingerprint density at radius 3 is 2.78 bits per heavy atom. The lowest BCUT2D eigenvalue weighted by Gasteiger charge is -2.14. The van der Waals surface area contributed by atoms with Crippen molar-refractivity contribution < 1.29 is 9.50 Å². The number of nitrogens with zero attached hydrogens (tertiary/aromatic N) is 2. The summed E-state index contributed by atoms with van der Waals surface area (Å²) in [5.41, 5.74) is 2.61. The first-order valence-corrected chi connectivity index (χ1v) is 8.61. The van der Waals surface area contributed by atoms with Crippen LogP contribution in [0.2, 0.25) is 0 Å². The number of aromatic hydroxyl groups is 1. The van der Waals surface area contributed by atoms with Crippen LogP contribution >= 0.6 is 11.3 Å². The van der Waals surface area contributed by atoms with Gasteiger partial charge in [0.1, 0.15) is 16.6 Å². The van der Waals surface area contributed by atoms with Crippen LogP contribution in [0.15, 0.2) is 36.4 Å². The van der Waals surface area contributed by atoms with Gasteiger partial charge in [-0.05, 0) is 61.8 Å². The monoisotopic (exact) mass is 328 g/mol. The molecule has 0 spiro atoms. The number of likely N-dealkylation sites (tertiary alicyclic amines) is 1. The van der Waals surface area contributed by atoms with Crippen molar-refractivity contribution >= 4 is 21.6 Å². The maximum Gasteiger partial charge on any atom is 0.128 e. The molecule has 1 aliphatic rings. The molecule has 5 heteroatoms. The summed E-state index contributed by atoms with van der Waals surface area (Å²) in [6, 6.07) is 10.2. The van der Waals surface area contributed by atoms with Crippen molar-refractivity contribution in [1.29, 1.82) is 0 Å². The first-order valence-electron chi connectivity index (χ1n) is 7.80. The predicted molar refractivity (Wildman–Crippen MR) is 91.2 cm³/mol. The van der Waals surface area contributed by atoms with Crippen molar-refractivity contribution in [1.82, 2.24) is 9.88 Å². The molecule has 0 amide bonds. The van der Waals surface area contributed by atoms with Crippen molar-refractivity contribution in [2.24, 2.45) is 0 Å².